The largest absolute Gasteiger partial charge is 0.229 e. The lowest BCUT2D eigenvalue weighted by molar-refractivity contribution is 0.596. The van der Waals surface area contributed by atoms with Crippen molar-refractivity contribution >= 4 is 33.0 Å². The molecule has 1 atom stereocenters. The number of alkyl halides is 1. The predicted octanol–water partition coefficient (Wildman–Crippen LogP) is 4.60. The molecule has 0 N–H and O–H groups in total. The minimum Gasteiger partial charge on any atom is -0.229 e. The molecule has 0 spiro atoms. The van der Waals surface area contributed by atoms with Crippen LogP contribution >= 0.6 is 23.2 Å². The molecule has 21 heavy (non-hydrogen) atoms. The van der Waals surface area contributed by atoms with Crippen LogP contribution in [0.25, 0.3) is 0 Å². The van der Waals surface area contributed by atoms with E-state index < -0.39 is 9.84 Å². The highest BCUT2D eigenvalue weighted by atomic mass is 35.5. The van der Waals surface area contributed by atoms with Crippen LogP contribution in [-0.4, -0.2) is 14.2 Å². The maximum absolute atomic E-state index is 11.6. The maximum Gasteiger partial charge on any atom is 0.154 e. The summed E-state index contributed by atoms with van der Waals surface area (Å²) in [6.45, 7) is 1.65. The van der Waals surface area contributed by atoms with Crippen LogP contribution in [0.3, 0.4) is 0 Å². The molecule has 0 saturated carbocycles. The van der Waals surface area contributed by atoms with Gasteiger partial charge in [-0.3, -0.25) is 0 Å². The van der Waals surface area contributed by atoms with E-state index in [0.29, 0.717) is 5.02 Å². The van der Waals surface area contributed by atoms with Crippen molar-refractivity contribution in [2.45, 2.75) is 18.1 Å². The summed E-state index contributed by atoms with van der Waals surface area (Å²) < 4.78 is 23.2. The summed E-state index contributed by atoms with van der Waals surface area (Å²) in [6, 6.07) is 14.7. The van der Waals surface area contributed by atoms with Crippen molar-refractivity contribution < 1.29 is 8.42 Å². The van der Waals surface area contributed by atoms with Gasteiger partial charge < -0.3 is 0 Å². The van der Waals surface area contributed by atoms with Crippen LogP contribution in [-0.2, 0) is 15.6 Å². The van der Waals surface area contributed by atoms with Crippen LogP contribution in [0.15, 0.2) is 48.5 Å². The standard InChI is InChI=1S/C16H16Cl2O2S/c1-2-21(19,20)11-12-3-5-13(6-4-12)16(18)14-7-9-15(17)10-8-14/h3-10,16H,2,11H2,1H3. The van der Waals surface area contributed by atoms with Crippen molar-refractivity contribution in [2.24, 2.45) is 0 Å². The first-order valence-electron chi connectivity index (χ1n) is 6.60. The van der Waals surface area contributed by atoms with Crippen molar-refractivity contribution in [1.29, 1.82) is 0 Å². The second kappa shape index (κ2) is 6.82. The minimum absolute atomic E-state index is 0.0671. The van der Waals surface area contributed by atoms with Gasteiger partial charge >= 0.3 is 0 Å². The summed E-state index contributed by atoms with van der Waals surface area (Å²) in [6.07, 6.45) is 0. The molecule has 0 aliphatic carbocycles. The van der Waals surface area contributed by atoms with Crippen molar-refractivity contribution in [3.8, 4) is 0 Å². The molecule has 1 unspecified atom stereocenters. The molecule has 0 aliphatic heterocycles. The van der Waals surface area contributed by atoms with E-state index in [1.165, 1.54) is 0 Å². The second-order valence-corrected chi connectivity index (χ2v) is 8.06. The first-order chi connectivity index (χ1) is 9.91. The van der Waals surface area contributed by atoms with Gasteiger partial charge in [0.05, 0.1) is 11.1 Å². The van der Waals surface area contributed by atoms with Gasteiger partial charge in [-0.15, -0.1) is 11.6 Å². The monoisotopic (exact) mass is 342 g/mol. The van der Waals surface area contributed by atoms with Crippen LogP contribution in [0, 0.1) is 0 Å². The number of hydrogen-bond donors (Lipinski definition) is 0. The van der Waals surface area contributed by atoms with E-state index in [9.17, 15) is 8.42 Å². The van der Waals surface area contributed by atoms with Crippen molar-refractivity contribution in [3.05, 3.63) is 70.2 Å². The molecule has 5 heteroatoms. The van der Waals surface area contributed by atoms with Gasteiger partial charge in [0.1, 0.15) is 0 Å². The van der Waals surface area contributed by atoms with Gasteiger partial charge in [-0.05, 0) is 28.8 Å². The van der Waals surface area contributed by atoms with E-state index in [2.05, 4.69) is 0 Å². The Morgan fingerprint density at radius 3 is 1.90 bits per heavy atom. The molecule has 0 amide bonds. The Balaban J connectivity index is 2.17. The first kappa shape index (κ1) is 16.3. The molecule has 112 valence electrons. The summed E-state index contributed by atoms with van der Waals surface area (Å²) in [4.78, 5) is 0. The summed E-state index contributed by atoms with van der Waals surface area (Å²) >= 11 is 12.3. The lowest BCUT2D eigenvalue weighted by Gasteiger charge is -2.11. The molecule has 0 aliphatic rings. The fourth-order valence-corrected chi connectivity index (χ4v) is 3.28. The molecule has 2 aromatic rings. The highest BCUT2D eigenvalue weighted by molar-refractivity contribution is 7.90. The molecular formula is C16H16Cl2O2S. The Morgan fingerprint density at radius 1 is 0.952 bits per heavy atom. The third-order valence-corrected chi connectivity index (χ3v) is 5.67. The van der Waals surface area contributed by atoms with Crippen LogP contribution in [0.4, 0.5) is 0 Å². The zero-order valence-corrected chi connectivity index (χ0v) is 13.9. The fraction of sp³-hybridized carbons (Fsp3) is 0.250. The second-order valence-electron chi connectivity index (χ2n) is 4.83. The topological polar surface area (TPSA) is 34.1 Å². The van der Waals surface area contributed by atoms with E-state index in [1.54, 1.807) is 19.1 Å². The number of rotatable bonds is 5. The van der Waals surface area contributed by atoms with Gasteiger partial charge in [0.25, 0.3) is 0 Å². The molecule has 0 radical (unpaired) electrons. The van der Waals surface area contributed by atoms with Gasteiger partial charge in [-0.25, -0.2) is 8.42 Å². The van der Waals surface area contributed by atoms with Gasteiger partial charge in [-0.2, -0.15) is 0 Å². The Bertz CT molecular complexity index is 692. The lowest BCUT2D eigenvalue weighted by Crippen LogP contribution is -2.06. The highest BCUT2D eigenvalue weighted by Gasteiger charge is 2.12. The van der Waals surface area contributed by atoms with Crippen LogP contribution in [0.5, 0.6) is 0 Å². The number of hydrogen-bond acceptors (Lipinski definition) is 2. The molecule has 2 aromatic carbocycles. The van der Waals surface area contributed by atoms with Crippen molar-refractivity contribution in [3.63, 3.8) is 0 Å². The SMILES string of the molecule is CCS(=O)(=O)Cc1ccc(C(Cl)c2ccc(Cl)cc2)cc1. The van der Waals surface area contributed by atoms with Gasteiger partial charge in [0, 0.05) is 10.8 Å². The van der Waals surface area contributed by atoms with Crippen LogP contribution in [0.2, 0.25) is 5.02 Å². The third kappa shape index (κ3) is 4.47. The first-order valence-corrected chi connectivity index (χ1v) is 9.23. The summed E-state index contributed by atoms with van der Waals surface area (Å²) in [5, 5.41) is 0.391. The van der Waals surface area contributed by atoms with Crippen LogP contribution in [0.1, 0.15) is 29.0 Å². The predicted molar refractivity (Wildman–Crippen MR) is 88.8 cm³/mol. The molecule has 0 saturated heterocycles. The van der Waals surface area contributed by atoms with E-state index in [0.717, 1.165) is 16.7 Å². The number of sulfone groups is 1. The molecule has 0 bridgehead atoms. The number of halogens is 2. The van der Waals surface area contributed by atoms with Crippen molar-refractivity contribution in [2.75, 3.05) is 5.75 Å². The van der Waals surface area contributed by atoms with Gasteiger partial charge in [-0.1, -0.05) is 54.9 Å². The van der Waals surface area contributed by atoms with Crippen LogP contribution < -0.4 is 0 Å². The Labute approximate surface area is 135 Å². The van der Waals surface area contributed by atoms with Gasteiger partial charge in [0.2, 0.25) is 0 Å². The Kier molecular flexibility index (Phi) is 5.31. The molecule has 2 rings (SSSR count). The average Bonchev–Trinajstić information content (AvgIpc) is 2.48. The van der Waals surface area contributed by atoms with E-state index >= 15 is 0 Å². The molecule has 2 nitrogen and oxygen atoms in total. The van der Waals surface area contributed by atoms with E-state index in [4.69, 9.17) is 23.2 Å². The van der Waals surface area contributed by atoms with Crippen molar-refractivity contribution in [1.82, 2.24) is 0 Å². The zero-order valence-electron chi connectivity index (χ0n) is 11.6. The highest BCUT2D eigenvalue weighted by Crippen LogP contribution is 2.29. The quantitative estimate of drug-likeness (QED) is 0.744. The Hall–Kier alpha value is -1.03. The molecular weight excluding hydrogens is 327 g/mol. The van der Waals surface area contributed by atoms with E-state index in [-0.39, 0.29) is 16.9 Å². The van der Waals surface area contributed by atoms with E-state index in [1.807, 2.05) is 36.4 Å². The minimum atomic E-state index is -3.01. The average molecular weight is 343 g/mol. The Morgan fingerprint density at radius 2 is 1.43 bits per heavy atom. The molecule has 0 fully saturated rings. The zero-order chi connectivity index (χ0) is 15.5. The fourth-order valence-electron chi connectivity index (χ4n) is 1.96. The molecule has 0 aromatic heterocycles. The lowest BCUT2D eigenvalue weighted by atomic mass is 10.0. The molecule has 0 heterocycles. The number of benzene rings is 2. The third-order valence-electron chi connectivity index (χ3n) is 3.26. The summed E-state index contributed by atoms with van der Waals surface area (Å²) in [5.74, 6) is 0.218. The normalized spacial score (nSPS) is 13.1. The summed E-state index contributed by atoms with van der Waals surface area (Å²) in [7, 11) is -3.01. The van der Waals surface area contributed by atoms with Gasteiger partial charge in [0.15, 0.2) is 9.84 Å². The maximum atomic E-state index is 11.6. The smallest absolute Gasteiger partial charge is 0.154 e. The summed E-state index contributed by atoms with van der Waals surface area (Å²) in [5.41, 5.74) is 2.66.